The Hall–Kier alpha value is -2.46. The quantitative estimate of drug-likeness (QED) is 0.624. The summed E-state index contributed by atoms with van der Waals surface area (Å²) in [5.41, 5.74) is -0.927. The van der Waals surface area contributed by atoms with Gasteiger partial charge in [-0.1, -0.05) is 39.3 Å². The van der Waals surface area contributed by atoms with E-state index in [1.165, 1.54) is 19.2 Å². The first-order valence-corrected chi connectivity index (χ1v) is 9.31. The number of esters is 1. The van der Waals surface area contributed by atoms with Crippen LogP contribution in [0.3, 0.4) is 0 Å². The van der Waals surface area contributed by atoms with Crippen LogP contribution in [0.15, 0.2) is 12.1 Å². The van der Waals surface area contributed by atoms with E-state index in [1.807, 2.05) is 27.7 Å². The van der Waals surface area contributed by atoms with Gasteiger partial charge >= 0.3 is 5.97 Å². The minimum atomic E-state index is -1.05. The maximum atomic E-state index is 12.3. The summed E-state index contributed by atoms with van der Waals surface area (Å²) in [5.74, 6) is -0.502. The van der Waals surface area contributed by atoms with Crippen LogP contribution in [0.2, 0.25) is 5.02 Å². The molecule has 1 N–H and O–H groups in total. The van der Waals surface area contributed by atoms with Gasteiger partial charge in [0, 0.05) is 0 Å². The van der Waals surface area contributed by atoms with Gasteiger partial charge in [-0.05, 0) is 30.9 Å². The van der Waals surface area contributed by atoms with Gasteiger partial charge in [-0.25, -0.2) is 4.79 Å². The molecule has 1 aromatic carbocycles. The predicted octanol–water partition coefficient (Wildman–Crippen LogP) is 3.59. The smallest absolute Gasteiger partial charge is 0.338 e. The largest absolute Gasteiger partial charge is 0.493 e. The van der Waals surface area contributed by atoms with Crippen molar-refractivity contribution in [1.82, 2.24) is 5.32 Å². The minimum Gasteiger partial charge on any atom is -0.493 e. The highest BCUT2D eigenvalue weighted by molar-refractivity contribution is 6.32. The number of rotatable bonds is 9. The van der Waals surface area contributed by atoms with E-state index < -0.39 is 24.0 Å². The van der Waals surface area contributed by atoms with Crippen LogP contribution in [0, 0.1) is 23.2 Å². The molecule has 0 bridgehead atoms. The Morgan fingerprint density at radius 2 is 1.93 bits per heavy atom. The van der Waals surface area contributed by atoms with Gasteiger partial charge in [-0.2, -0.15) is 5.26 Å². The fraction of sp³-hybridized carbons (Fsp3) is 0.550. The van der Waals surface area contributed by atoms with Crippen molar-refractivity contribution in [2.24, 2.45) is 11.8 Å². The number of nitriles is 1. The van der Waals surface area contributed by atoms with E-state index in [-0.39, 0.29) is 22.4 Å². The van der Waals surface area contributed by atoms with Crippen LogP contribution in [0.4, 0.5) is 0 Å². The molecule has 1 aromatic rings. The third kappa shape index (κ3) is 6.31. The topological polar surface area (TPSA) is 97.6 Å². The Kier molecular flexibility index (Phi) is 8.58. The second kappa shape index (κ2) is 10.2. The van der Waals surface area contributed by atoms with Gasteiger partial charge in [-0.15, -0.1) is 0 Å². The van der Waals surface area contributed by atoms with Gasteiger partial charge in [0.2, 0.25) is 0 Å². The van der Waals surface area contributed by atoms with E-state index in [2.05, 4.69) is 11.4 Å². The van der Waals surface area contributed by atoms with Gasteiger partial charge in [0.05, 0.1) is 30.4 Å². The number of nitrogens with zero attached hydrogens (tertiary/aromatic N) is 1. The van der Waals surface area contributed by atoms with Crippen molar-refractivity contribution in [3.8, 4) is 17.6 Å². The average molecular weight is 411 g/mol. The van der Waals surface area contributed by atoms with Gasteiger partial charge < -0.3 is 19.5 Å². The third-order valence-electron chi connectivity index (χ3n) is 4.15. The zero-order chi connectivity index (χ0) is 21.5. The lowest BCUT2D eigenvalue weighted by Gasteiger charge is -2.27. The standard InChI is InChI=1S/C20H27ClN2O5/c1-12(2)9-27-18-15(21)7-14(8-16(18)26-6)19(25)28-10-17(24)23-20(5,11-22)13(3)4/h7-8,12-13H,9-10H2,1-6H3,(H,23,24)/t20-/m1/s1. The Bertz CT molecular complexity index is 758. The molecule has 28 heavy (non-hydrogen) atoms. The van der Waals surface area contributed by atoms with E-state index in [0.717, 1.165) is 0 Å². The number of hydrogen-bond donors (Lipinski definition) is 1. The molecular formula is C20H27ClN2O5. The van der Waals surface area contributed by atoms with Crippen molar-refractivity contribution in [3.63, 3.8) is 0 Å². The van der Waals surface area contributed by atoms with E-state index in [9.17, 15) is 14.9 Å². The van der Waals surface area contributed by atoms with Crippen LogP contribution >= 0.6 is 11.6 Å². The molecule has 1 rings (SSSR count). The molecule has 0 aliphatic carbocycles. The lowest BCUT2D eigenvalue weighted by molar-refractivity contribution is -0.125. The number of carbonyl (C=O) groups is 2. The summed E-state index contributed by atoms with van der Waals surface area (Å²) in [7, 11) is 1.44. The van der Waals surface area contributed by atoms with Crippen LogP contribution < -0.4 is 14.8 Å². The lowest BCUT2D eigenvalue weighted by Crippen LogP contribution is -2.50. The Balaban J connectivity index is 2.83. The number of benzene rings is 1. The molecule has 0 spiro atoms. The average Bonchev–Trinajstić information content (AvgIpc) is 2.63. The fourth-order valence-corrected chi connectivity index (χ4v) is 2.33. The fourth-order valence-electron chi connectivity index (χ4n) is 2.07. The first-order valence-electron chi connectivity index (χ1n) is 8.93. The van der Waals surface area contributed by atoms with Crippen molar-refractivity contribution in [1.29, 1.82) is 5.26 Å². The van der Waals surface area contributed by atoms with Crippen LogP contribution in [-0.4, -0.2) is 37.7 Å². The van der Waals surface area contributed by atoms with Crippen molar-refractivity contribution in [2.45, 2.75) is 40.2 Å². The summed E-state index contributed by atoms with van der Waals surface area (Å²) in [6.45, 7) is 9.14. The predicted molar refractivity (Wildman–Crippen MR) is 106 cm³/mol. The maximum absolute atomic E-state index is 12.3. The van der Waals surface area contributed by atoms with Gasteiger partial charge in [-0.3, -0.25) is 4.79 Å². The molecule has 154 valence electrons. The number of ether oxygens (including phenoxy) is 3. The molecule has 0 saturated carbocycles. The first-order chi connectivity index (χ1) is 13.0. The highest BCUT2D eigenvalue weighted by Crippen LogP contribution is 2.36. The maximum Gasteiger partial charge on any atom is 0.338 e. The van der Waals surface area contributed by atoms with E-state index >= 15 is 0 Å². The molecule has 7 nitrogen and oxygen atoms in total. The van der Waals surface area contributed by atoms with E-state index in [4.69, 9.17) is 25.8 Å². The molecule has 0 unspecified atom stereocenters. The molecule has 0 fully saturated rings. The summed E-state index contributed by atoms with van der Waals surface area (Å²) in [4.78, 5) is 24.3. The second-order valence-corrected chi connectivity index (χ2v) is 7.69. The molecule has 1 amide bonds. The third-order valence-corrected chi connectivity index (χ3v) is 4.43. The number of methoxy groups -OCH3 is 1. The molecular weight excluding hydrogens is 384 g/mol. The molecule has 0 saturated heterocycles. The van der Waals surface area contributed by atoms with E-state index in [1.54, 1.807) is 6.92 Å². The number of amides is 1. The monoisotopic (exact) mass is 410 g/mol. The van der Waals surface area contributed by atoms with Crippen molar-refractivity contribution in [3.05, 3.63) is 22.7 Å². The Morgan fingerprint density at radius 3 is 2.43 bits per heavy atom. The molecule has 0 aliphatic rings. The number of halogens is 1. The zero-order valence-corrected chi connectivity index (χ0v) is 17.8. The molecule has 8 heteroatoms. The summed E-state index contributed by atoms with van der Waals surface area (Å²) in [6, 6.07) is 4.89. The molecule has 1 atom stereocenters. The number of nitrogens with one attached hydrogen (secondary N) is 1. The SMILES string of the molecule is COc1cc(C(=O)OCC(=O)N[C@](C)(C#N)C(C)C)cc(Cl)c1OCC(C)C. The molecule has 0 aliphatic heterocycles. The summed E-state index contributed by atoms with van der Waals surface area (Å²) >= 11 is 6.22. The summed E-state index contributed by atoms with van der Waals surface area (Å²) in [5, 5.41) is 12.0. The van der Waals surface area contributed by atoms with Crippen molar-refractivity contribution < 1.29 is 23.8 Å². The normalized spacial score (nSPS) is 12.9. The zero-order valence-electron chi connectivity index (χ0n) is 17.1. The van der Waals surface area contributed by atoms with Crippen LogP contribution in [0.5, 0.6) is 11.5 Å². The van der Waals surface area contributed by atoms with Gasteiger partial charge in [0.15, 0.2) is 18.1 Å². The number of carbonyl (C=O) groups excluding carboxylic acids is 2. The van der Waals surface area contributed by atoms with Gasteiger partial charge in [0.1, 0.15) is 5.54 Å². The highest BCUT2D eigenvalue weighted by Gasteiger charge is 2.30. The van der Waals surface area contributed by atoms with Gasteiger partial charge in [0.25, 0.3) is 5.91 Å². The Morgan fingerprint density at radius 1 is 1.29 bits per heavy atom. The van der Waals surface area contributed by atoms with Crippen molar-refractivity contribution in [2.75, 3.05) is 20.3 Å². The molecule has 0 heterocycles. The second-order valence-electron chi connectivity index (χ2n) is 7.29. The molecule has 0 radical (unpaired) electrons. The number of hydrogen-bond acceptors (Lipinski definition) is 6. The first kappa shape index (κ1) is 23.6. The Labute approximate surface area is 170 Å². The van der Waals surface area contributed by atoms with E-state index in [0.29, 0.717) is 18.1 Å². The van der Waals surface area contributed by atoms with Crippen LogP contribution in [0.25, 0.3) is 0 Å². The van der Waals surface area contributed by atoms with Crippen LogP contribution in [0.1, 0.15) is 45.0 Å². The highest BCUT2D eigenvalue weighted by atomic mass is 35.5. The lowest BCUT2D eigenvalue weighted by atomic mass is 9.90. The summed E-state index contributed by atoms with van der Waals surface area (Å²) in [6.07, 6.45) is 0. The molecule has 0 aromatic heterocycles. The van der Waals surface area contributed by atoms with Crippen LogP contribution in [-0.2, 0) is 9.53 Å². The summed E-state index contributed by atoms with van der Waals surface area (Å²) < 4.78 is 15.9. The van der Waals surface area contributed by atoms with Crippen molar-refractivity contribution >= 4 is 23.5 Å². The minimum absolute atomic E-state index is 0.112.